The van der Waals surface area contributed by atoms with E-state index in [1.54, 1.807) is 0 Å². The summed E-state index contributed by atoms with van der Waals surface area (Å²) < 4.78 is 35.5. The van der Waals surface area contributed by atoms with Gasteiger partial charge >= 0.3 is 35.0 Å². The number of carbonyl (C=O) groups excluding carboxylic acids is 3. The van der Waals surface area contributed by atoms with Gasteiger partial charge in [0.15, 0.2) is 0 Å². The molecule has 1 aromatic heterocycles. The predicted octanol–water partition coefficient (Wildman–Crippen LogP) is 0.284. The van der Waals surface area contributed by atoms with Crippen molar-refractivity contribution in [3.8, 4) is 0 Å². The van der Waals surface area contributed by atoms with Crippen molar-refractivity contribution in [3.63, 3.8) is 0 Å². The summed E-state index contributed by atoms with van der Waals surface area (Å²) in [5.41, 5.74) is -2.52. The van der Waals surface area contributed by atoms with E-state index in [-0.39, 0.29) is 93.7 Å². The number of unbranched alkanes of at least 4 members (excludes halogenated alkanes) is 1. The Morgan fingerprint density at radius 1 is 0.489 bits per heavy atom. The fourth-order valence-electron chi connectivity index (χ4n) is 7.48. The molecule has 3 saturated heterocycles. The Balaban J connectivity index is 0.964. The molecule has 3 aliphatic heterocycles. The van der Waals surface area contributed by atoms with Crippen molar-refractivity contribution in [2.24, 2.45) is 17.8 Å². The SMILES string of the molecule is O=C(OCCCCn1c(=O)n(CCOC(=O)C2CCC3OC3C2)c(=O)n(CCOC(=O)C2CCC3OC3C2)c1=O)C1CCC2OC2C1. The number of rotatable bonds is 14. The number of nitrogens with zero attached hydrogens (tertiary/aromatic N) is 3. The maximum Gasteiger partial charge on any atom is 0.336 e. The van der Waals surface area contributed by atoms with Gasteiger partial charge in [-0.15, -0.1) is 0 Å². The fourth-order valence-corrected chi connectivity index (χ4v) is 7.48. The standard InChI is InChI=1S/C32H43N3O12/c36-27(18-3-6-21-24(15-18)45-21)42-12-2-1-9-33-30(39)34(10-13-43-28(37)19-4-7-22-25(16-19)46-22)32(41)35(31(33)40)11-14-44-29(38)20-5-8-23-26(17-20)47-23/h18-26H,1-17H2. The molecule has 6 aliphatic rings. The summed E-state index contributed by atoms with van der Waals surface area (Å²) in [6, 6.07) is 0. The molecule has 3 aliphatic carbocycles. The lowest BCUT2D eigenvalue weighted by atomic mass is 9.89. The number of hydrogen-bond acceptors (Lipinski definition) is 12. The summed E-state index contributed by atoms with van der Waals surface area (Å²) in [6.07, 6.45) is 8.28. The lowest BCUT2D eigenvalue weighted by Crippen LogP contribution is -2.55. The van der Waals surface area contributed by atoms with Gasteiger partial charge in [0.05, 0.1) is 74.1 Å². The Morgan fingerprint density at radius 3 is 1.23 bits per heavy atom. The van der Waals surface area contributed by atoms with Gasteiger partial charge in [-0.3, -0.25) is 14.4 Å². The molecule has 15 heteroatoms. The van der Waals surface area contributed by atoms with E-state index >= 15 is 0 Å². The highest BCUT2D eigenvalue weighted by Crippen LogP contribution is 2.41. The lowest BCUT2D eigenvalue weighted by Gasteiger charge is -2.19. The molecule has 0 N–H and O–H groups in total. The smallest absolute Gasteiger partial charge is 0.336 e. The van der Waals surface area contributed by atoms with E-state index < -0.39 is 29.0 Å². The van der Waals surface area contributed by atoms with Gasteiger partial charge < -0.3 is 28.4 Å². The Bertz CT molecular complexity index is 1460. The summed E-state index contributed by atoms with van der Waals surface area (Å²) >= 11 is 0. The van der Waals surface area contributed by atoms with Gasteiger partial charge in [-0.2, -0.15) is 0 Å². The topological polar surface area (TPSA) is 182 Å². The monoisotopic (exact) mass is 661 g/mol. The minimum Gasteiger partial charge on any atom is -0.465 e. The molecule has 9 unspecified atom stereocenters. The average Bonchev–Trinajstić information content (AvgIpc) is 3.95. The molecule has 15 nitrogen and oxygen atoms in total. The molecule has 4 heterocycles. The van der Waals surface area contributed by atoms with Crippen LogP contribution < -0.4 is 17.1 Å². The molecule has 0 bridgehead atoms. The van der Waals surface area contributed by atoms with Crippen molar-refractivity contribution in [2.75, 3.05) is 19.8 Å². The molecular formula is C32H43N3O12. The summed E-state index contributed by atoms with van der Waals surface area (Å²) in [4.78, 5) is 77.9. The molecule has 0 spiro atoms. The van der Waals surface area contributed by atoms with Crippen LogP contribution in [0.3, 0.4) is 0 Å². The summed E-state index contributed by atoms with van der Waals surface area (Å²) in [6.45, 7) is -0.807. The second kappa shape index (κ2) is 13.7. The van der Waals surface area contributed by atoms with Crippen LogP contribution in [-0.4, -0.2) is 88.1 Å². The fraction of sp³-hybridized carbons (Fsp3) is 0.812. The van der Waals surface area contributed by atoms with E-state index in [4.69, 9.17) is 28.4 Å². The van der Waals surface area contributed by atoms with Crippen LogP contribution in [0.5, 0.6) is 0 Å². The van der Waals surface area contributed by atoms with Crippen LogP contribution >= 0.6 is 0 Å². The summed E-state index contributed by atoms with van der Waals surface area (Å²) in [7, 11) is 0. The Morgan fingerprint density at radius 2 is 0.851 bits per heavy atom. The molecule has 9 atom stereocenters. The van der Waals surface area contributed by atoms with E-state index in [9.17, 15) is 28.8 Å². The number of aromatic nitrogens is 3. The van der Waals surface area contributed by atoms with Gasteiger partial charge in [-0.1, -0.05) is 0 Å². The van der Waals surface area contributed by atoms with E-state index in [2.05, 4.69) is 0 Å². The Hall–Kier alpha value is -3.30. The summed E-state index contributed by atoms with van der Waals surface area (Å²) in [5, 5.41) is 0. The van der Waals surface area contributed by atoms with Crippen LogP contribution in [0.25, 0.3) is 0 Å². The first kappa shape index (κ1) is 32.3. The Kier molecular flexibility index (Phi) is 9.38. The van der Waals surface area contributed by atoms with Crippen LogP contribution in [-0.2, 0) is 62.4 Å². The molecule has 47 heavy (non-hydrogen) atoms. The highest BCUT2D eigenvalue weighted by atomic mass is 16.6. The minimum absolute atomic E-state index is 0.0225. The zero-order valence-electron chi connectivity index (χ0n) is 26.5. The molecule has 0 aromatic carbocycles. The van der Waals surface area contributed by atoms with E-state index in [0.717, 1.165) is 39.4 Å². The second-order valence-corrected chi connectivity index (χ2v) is 13.7. The van der Waals surface area contributed by atoms with Crippen molar-refractivity contribution < 1.29 is 42.8 Å². The van der Waals surface area contributed by atoms with Gasteiger partial charge in [-0.05, 0) is 70.6 Å². The molecule has 6 fully saturated rings. The molecular weight excluding hydrogens is 618 g/mol. The normalized spacial score (nSPS) is 33.1. The van der Waals surface area contributed by atoms with Gasteiger partial charge in [0, 0.05) is 6.54 Å². The zero-order chi connectivity index (χ0) is 32.7. The largest absolute Gasteiger partial charge is 0.465 e. The van der Waals surface area contributed by atoms with Gasteiger partial charge in [-0.25, -0.2) is 28.1 Å². The predicted molar refractivity (Wildman–Crippen MR) is 159 cm³/mol. The number of hydrogen-bond donors (Lipinski definition) is 0. The third kappa shape index (κ3) is 7.41. The first-order valence-corrected chi connectivity index (χ1v) is 17.2. The second-order valence-electron chi connectivity index (χ2n) is 13.7. The van der Waals surface area contributed by atoms with Crippen LogP contribution in [0.15, 0.2) is 14.4 Å². The van der Waals surface area contributed by atoms with Crippen LogP contribution in [0, 0.1) is 17.8 Å². The summed E-state index contributed by atoms with van der Waals surface area (Å²) in [5.74, 6) is -1.80. The first-order chi connectivity index (χ1) is 22.8. The number of fused-ring (bicyclic) bond motifs is 3. The van der Waals surface area contributed by atoms with Gasteiger partial charge in [0.25, 0.3) is 0 Å². The molecule has 258 valence electrons. The highest BCUT2D eigenvalue weighted by molar-refractivity contribution is 5.73. The quantitative estimate of drug-likeness (QED) is 0.115. The van der Waals surface area contributed by atoms with Crippen molar-refractivity contribution in [1.82, 2.24) is 13.7 Å². The maximum atomic E-state index is 13.4. The Labute approximate surface area is 270 Å². The molecule has 0 amide bonds. The average molecular weight is 662 g/mol. The van der Waals surface area contributed by atoms with Gasteiger partial charge in [0.2, 0.25) is 0 Å². The number of ether oxygens (including phenoxy) is 6. The van der Waals surface area contributed by atoms with E-state index in [1.807, 2.05) is 0 Å². The number of epoxide rings is 3. The third-order valence-electron chi connectivity index (χ3n) is 10.5. The van der Waals surface area contributed by atoms with Crippen LogP contribution in [0.2, 0.25) is 0 Å². The molecule has 1 aromatic rings. The minimum atomic E-state index is -0.870. The van der Waals surface area contributed by atoms with E-state index in [0.29, 0.717) is 51.0 Å². The molecule has 0 radical (unpaired) electrons. The zero-order valence-corrected chi connectivity index (χ0v) is 26.5. The van der Waals surface area contributed by atoms with E-state index in [1.165, 1.54) is 0 Å². The number of esters is 3. The van der Waals surface area contributed by atoms with Crippen molar-refractivity contribution >= 4 is 17.9 Å². The van der Waals surface area contributed by atoms with Crippen molar-refractivity contribution in [3.05, 3.63) is 31.5 Å². The third-order valence-corrected chi connectivity index (χ3v) is 10.5. The van der Waals surface area contributed by atoms with Crippen LogP contribution in [0.1, 0.15) is 70.6 Å². The van der Waals surface area contributed by atoms with Gasteiger partial charge in [0.1, 0.15) is 13.2 Å². The highest BCUT2D eigenvalue weighted by Gasteiger charge is 2.48. The number of carbonyl (C=O) groups is 3. The maximum absolute atomic E-state index is 13.4. The van der Waals surface area contributed by atoms with Crippen molar-refractivity contribution in [2.45, 2.75) is 127 Å². The molecule has 3 saturated carbocycles. The van der Waals surface area contributed by atoms with Crippen LogP contribution in [0.4, 0.5) is 0 Å². The molecule has 7 rings (SSSR count). The van der Waals surface area contributed by atoms with Crippen molar-refractivity contribution in [1.29, 1.82) is 0 Å². The lowest BCUT2D eigenvalue weighted by molar-refractivity contribution is -0.150. The first-order valence-electron chi connectivity index (χ1n) is 17.2.